The summed E-state index contributed by atoms with van der Waals surface area (Å²) in [6.07, 6.45) is -0.446. The van der Waals surface area contributed by atoms with Crippen LogP contribution in [0.4, 0.5) is 10.8 Å². The lowest BCUT2D eigenvalue weighted by Gasteiger charge is -2.19. The fourth-order valence-electron chi connectivity index (χ4n) is 1.82. The van der Waals surface area contributed by atoms with Crippen molar-refractivity contribution in [2.45, 2.75) is 32.9 Å². The van der Waals surface area contributed by atoms with Gasteiger partial charge in [0.25, 0.3) is 6.01 Å². The van der Waals surface area contributed by atoms with Gasteiger partial charge in [-0.05, 0) is 54.4 Å². The summed E-state index contributed by atoms with van der Waals surface area (Å²) in [6, 6.07) is 4.31. The summed E-state index contributed by atoms with van der Waals surface area (Å²) < 4.78 is 11.7. The average Bonchev–Trinajstić information content (AvgIpc) is 2.79. The quantitative estimate of drug-likeness (QED) is 0.893. The number of ether oxygens (including phenoxy) is 1. The first-order valence-corrected chi connectivity index (χ1v) is 7.68. The molecule has 1 N–H and O–H groups in total. The Labute approximate surface area is 137 Å². The second-order valence-corrected chi connectivity index (χ2v) is 7.03. The van der Waals surface area contributed by atoms with Gasteiger partial charge in [-0.2, -0.15) is 4.98 Å². The van der Waals surface area contributed by atoms with Crippen molar-refractivity contribution in [2.24, 2.45) is 0 Å². The number of carbonyl (C=O) groups excluding carboxylic acids is 1. The van der Waals surface area contributed by atoms with E-state index >= 15 is 0 Å². The van der Waals surface area contributed by atoms with Gasteiger partial charge in [-0.3, -0.25) is 0 Å². The summed E-state index contributed by atoms with van der Waals surface area (Å²) in [7, 11) is 3.73. The highest BCUT2D eigenvalue weighted by Crippen LogP contribution is 2.29. The van der Waals surface area contributed by atoms with Gasteiger partial charge >= 0.3 is 6.09 Å². The summed E-state index contributed by atoms with van der Waals surface area (Å²) in [5.74, 6) is 0. The van der Waals surface area contributed by atoms with E-state index in [2.05, 4.69) is 26.2 Å². The van der Waals surface area contributed by atoms with Crippen LogP contribution in [0.2, 0.25) is 0 Å². The number of halogens is 1. The van der Waals surface area contributed by atoms with Crippen molar-refractivity contribution >= 4 is 39.1 Å². The number of nitrogens with zero attached hydrogens (tertiary/aromatic N) is 2. The van der Waals surface area contributed by atoms with E-state index in [4.69, 9.17) is 9.15 Å². The minimum atomic E-state index is -0.513. The van der Waals surface area contributed by atoms with Gasteiger partial charge in [-0.25, -0.2) is 4.79 Å². The largest absolute Gasteiger partial charge is 0.444 e. The molecular weight excluding hydrogens is 350 g/mol. The van der Waals surface area contributed by atoms with Gasteiger partial charge in [-0.1, -0.05) is 0 Å². The SMILES string of the molecule is CN(C)c1nc2cc(CNC(=O)OC(C)(C)C)cc(Br)c2o1. The van der Waals surface area contributed by atoms with E-state index in [1.165, 1.54) is 0 Å². The number of oxazole rings is 1. The second kappa shape index (κ2) is 6.16. The van der Waals surface area contributed by atoms with Crippen molar-refractivity contribution in [3.63, 3.8) is 0 Å². The standard InChI is InChI=1S/C15H20BrN3O3/c1-15(2,3)22-14(20)17-8-9-6-10(16)12-11(7-9)18-13(21-12)19(4)5/h6-7H,8H2,1-5H3,(H,17,20). The molecule has 0 saturated heterocycles. The van der Waals surface area contributed by atoms with Crippen LogP contribution in [0.5, 0.6) is 0 Å². The van der Waals surface area contributed by atoms with E-state index in [9.17, 15) is 4.79 Å². The highest BCUT2D eigenvalue weighted by Gasteiger charge is 2.16. The van der Waals surface area contributed by atoms with Crippen LogP contribution in [-0.4, -0.2) is 30.8 Å². The van der Waals surface area contributed by atoms with Crippen molar-refractivity contribution in [3.8, 4) is 0 Å². The Morgan fingerprint density at radius 3 is 2.68 bits per heavy atom. The summed E-state index contributed by atoms with van der Waals surface area (Å²) in [5.41, 5.74) is 1.81. The van der Waals surface area contributed by atoms with Crippen LogP contribution in [0.25, 0.3) is 11.1 Å². The average molecular weight is 370 g/mol. The molecule has 2 rings (SSSR count). The third-order valence-electron chi connectivity index (χ3n) is 2.71. The lowest BCUT2D eigenvalue weighted by atomic mass is 10.2. The zero-order valence-corrected chi connectivity index (χ0v) is 14.9. The van der Waals surface area contributed by atoms with E-state index in [0.717, 1.165) is 15.6 Å². The molecular formula is C15H20BrN3O3. The van der Waals surface area contributed by atoms with Crippen LogP contribution in [0.3, 0.4) is 0 Å². The van der Waals surface area contributed by atoms with Gasteiger partial charge in [0, 0.05) is 20.6 Å². The number of rotatable bonds is 3. The molecule has 0 spiro atoms. The van der Waals surface area contributed by atoms with E-state index in [1.54, 1.807) is 4.90 Å². The molecule has 120 valence electrons. The molecule has 1 heterocycles. The highest BCUT2D eigenvalue weighted by atomic mass is 79.9. The molecule has 0 radical (unpaired) electrons. The molecule has 0 aliphatic rings. The maximum Gasteiger partial charge on any atom is 0.407 e. The van der Waals surface area contributed by atoms with Gasteiger partial charge < -0.3 is 19.4 Å². The number of hydrogen-bond donors (Lipinski definition) is 1. The Bertz CT molecular complexity index is 689. The summed E-state index contributed by atoms with van der Waals surface area (Å²) in [6.45, 7) is 5.84. The number of amides is 1. The Morgan fingerprint density at radius 2 is 2.09 bits per heavy atom. The molecule has 6 nitrogen and oxygen atoms in total. The zero-order chi connectivity index (χ0) is 16.5. The van der Waals surface area contributed by atoms with Gasteiger partial charge in [-0.15, -0.1) is 0 Å². The van der Waals surface area contributed by atoms with Crippen LogP contribution < -0.4 is 10.2 Å². The van der Waals surface area contributed by atoms with E-state index in [0.29, 0.717) is 18.1 Å². The zero-order valence-electron chi connectivity index (χ0n) is 13.4. The lowest BCUT2D eigenvalue weighted by Crippen LogP contribution is -2.32. The Hall–Kier alpha value is -1.76. The first kappa shape index (κ1) is 16.6. The third-order valence-corrected chi connectivity index (χ3v) is 3.30. The fourth-order valence-corrected chi connectivity index (χ4v) is 2.39. The number of anilines is 1. The summed E-state index contributed by atoms with van der Waals surface area (Å²) >= 11 is 3.47. The molecule has 0 bridgehead atoms. The number of fused-ring (bicyclic) bond motifs is 1. The molecule has 0 aliphatic carbocycles. The van der Waals surface area contributed by atoms with Crippen LogP contribution in [0.15, 0.2) is 21.0 Å². The van der Waals surface area contributed by atoms with Crippen molar-refractivity contribution in [3.05, 3.63) is 22.2 Å². The monoisotopic (exact) mass is 369 g/mol. The Morgan fingerprint density at radius 1 is 1.41 bits per heavy atom. The van der Waals surface area contributed by atoms with Crippen LogP contribution >= 0.6 is 15.9 Å². The second-order valence-electron chi connectivity index (χ2n) is 6.17. The first-order chi connectivity index (χ1) is 10.2. The normalized spacial score (nSPS) is 11.5. The van der Waals surface area contributed by atoms with Crippen molar-refractivity contribution in [1.82, 2.24) is 10.3 Å². The lowest BCUT2D eigenvalue weighted by molar-refractivity contribution is 0.0523. The first-order valence-electron chi connectivity index (χ1n) is 6.89. The topological polar surface area (TPSA) is 67.6 Å². The predicted octanol–water partition coefficient (Wildman–Crippen LogP) is 3.68. The fraction of sp³-hybridized carbons (Fsp3) is 0.467. The maximum atomic E-state index is 11.7. The Kier molecular flexibility index (Phi) is 4.65. The molecule has 1 amide bonds. The summed E-state index contributed by atoms with van der Waals surface area (Å²) in [4.78, 5) is 17.9. The highest BCUT2D eigenvalue weighted by molar-refractivity contribution is 9.10. The predicted molar refractivity (Wildman–Crippen MR) is 89.1 cm³/mol. The van der Waals surface area contributed by atoms with Crippen LogP contribution in [0.1, 0.15) is 26.3 Å². The molecule has 2 aromatic rings. The van der Waals surface area contributed by atoms with E-state index in [-0.39, 0.29) is 0 Å². The number of benzene rings is 1. The van der Waals surface area contributed by atoms with E-state index in [1.807, 2.05) is 47.0 Å². The third kappa shape index (κ3) is 4.13. The van der Waals surface area contributed by atoms with Crippen LogP contribution in [-0.2, 0) is 11.3 Å². The Balaban J connectivity index is 2.14. The molecule has 0 saturated carbocycles. The number of aromatic nitrogens is 1. The van der Waals surface area contributed by atoms with E-state index < -0.39 is 11.7 Å². The summed E-state index contributed by atoms with van der Waals surface area (Å²) in [5, 5.41) is 2.73. The minimum absolute atomic E-state index is 0.355. The molecule has 22 heavy (non-hydrogen) atoms. The molecule has 1 aromatic carbocycles. The molecule has 0 atom stereocenters. The molecule has 1 aromatic heterocycles. The van der Waals surface area contributed by atoms with Gasteiger partial charge in [0.1, 0.15) is 11.1 Å². The van der Waals surface area contributed by atoms with Crippen LogP contribution in [0, 0.1) is 0 Å². The van der Waals surface area contributed by atoms with Gasteiger partial charge in [0.05, 0.1) is 4.47 Å². The molecule has 0 aliphatic heterocycles. The maximum absolute atomic E-state index is 11.7. The van der Waals surface area contributed by atoms with Crippen molar-refractivity contribution in [1.29, 1.82) is 0 Å². The minimum Gasteiger partial charge on any atom is -0.444 e. The number of nitrogens with one attached hydrogen (secondary N) is 1. The number of carbonyl (C=O) groups is 1. The molecule has 0 unspecified atom stereocenters. The van der Waals surface area contributed by atoms with Crippen molar-refractivity contribution < 1.29 is 13.9 Å². The number of hydrogen-bond acceptors (Lipinski definition) is 5. The molecule has 7 heteroatoms. The van der Waals surface area contributed by atoms with Gasteiger partial charge in [0.2, 0.25) is 0 Å². The van der Waals surface area contributed by atoms with Crippen molar-refractivity contribution in [2.75, 3.05) is 19.0 Å². The number of alkyl carbamates (subject to hydrolysis) is 1. The smallest absolute Gasteiger partial charge is 0.407 e. The molecule has 0 fully saturated rings. The van der Waals surface area contributed by atoms with Gasteiger partial charge in [0.15, 0.2) is 5.58 Å².